The zero-order valence-electron chi connectivity index (χ0n) is 14.2. The quantitative estimate of drug-likeness (QED) is 0.582. The fourth-order valence-corrected chi connectivity index (χ4v) is 1.90. The molecule has 0 bridgehead atoms. The lowest BCUT2D eigenvalue weighted by molar-refractivity contribution is 0.866. The molecule has 0 N–H and O–H groups in total. The van der Waals surface area contributed by atoms with Gasteiger partial charge < -0.3 is 0 Å². The molecule has 1 heteroatoms. The van der Waals surface area contributed by atoms with Gasteiger partial charge >= 0.3 is 0 Å². The van der Waals surface area contributed by atoms with Crippen molar-refractivity contribution in [1.82, 2.24) is 0 Å². The predicted octanol–water partition coefficient (Wildman–Crippen LogP) is 6.66. The van der Waals surface area contributed by atoms with E-state index in [0.717, 1.165) is 0 Å². The van der Waals surface area contributed by atoms with Crippen molar-refractivity contribution in [2.45, 2.75) is 53.4 Å². The molecule has 0 aliphatic heterocycles. The lowest BCUT2D eigenvalue weighted by Gasteiger charge is -2.03. The minimum atomic E-state index is 0. The maximum atomic E-state index is 2.21. The molecule has 0 aromatic heterocycles. The Balaban J connectivity index is 0.000000364. The normalized spacial score (nSPS) is 9.90. The summed E-state index contributed by atoms with van der Waals surface area (Å²) in [7, 11) is 0. The molecule has 0 radical (unpaired) electrons. The third kappa shape index (κ3) is 7.34. The number of benzene rings is 2. The summed E-state index contributed by atoms with van der Waals surface area (Å²) < 4.78 is 0. The van der Waals surface area contributed by atoms with Crippen LogP contribution >= 0.6 is 12.4 Å². The van der Waals surface area contributed by atoms with Gasteiger partial charge in [-0.3, -0.25) is 0 Å². The van der Waals surface area contributed by atoms with Gasteiger partial charge in [-0.15, -0.1) is 12.4 Å². The van der Waals surface area contributed by atoms with E-state index in [0.29, 0.717) is 11.8 Å². The molecule has 0 heterocycles. The molecule has 2 aromatic rings. The molecule has 116 valence electrons. The highest BCUT2D eigenvalue weighted by atomic mass is 35.5. The van der Waals surface area contributed by atoms with Gasteiger partial charge in [0.25, 0.3) is 0 Å². The molecule has 0 amide bonds. The first-order chi connectivity index (χ1) is 9.40. The first kappa shape index (κ1) is 19.7. The van der Waals surface area contributed by atoms with Gasteiger partial charge in [-0.2, -0.15) is 0 Å². The molecule has 21 heavy (non-hydrogen) atoms. The fourth-order valence-electron chi connectivity index (χ4n) is 1.90. The second-order valence-corrected chi connectivity index (χ2v) is 6.13. The van der Waals surface area contributed by atoms with Gasteiger partial charge in [0, 0.05) is 0 Å². The molecule has 0 nitrogen and oxygen atoms in total. The van der Waals surface area contributed by atoms with Crippen LogP contribution in [0.15, 0.2) is 48.5 Å². The number of hydrogen-bond donors (Lipinski definition) is 0. The molecule has 0 saturated carbocycles. The standard InChI is InChI=1S/2C10H14.ClH/c2*1-8(2)10-6-4-9(3)5-7-10;/h2*4-8H,1-3H3;1H. The second kappa shape index (κ2) is 9.63. The molecule has 0 unspecified atom stereocenters. The average molecular weight is 305 g/mol. The van der Waals surface area contributed by atoms with Crippen molar-refractivity contribution < 1.29 is 0 Å². The van der Waals surface area contributed by atoms with Crippen molar-refractivity contribution in [2.24, 2.45) is 0 Å². The van der Waals surface area contributed by atoms with Crippen molar-refractivity contribution in [1.29, 1.82) is 0 Å². The monoisotopic (exact) mass is 304 g/mol. The summed E-state index contributed by atoms with van der Waals surface area (Å²) in [6, 6.07) is 17.4. The van der Waals surface area contributed by atoms with E-state index in [1.165, 1.54) is 22.3 Å². The van der Waals surface area contributed by atoms with Crippen molar-refractivity contribution in [3.8, 4) is 0 Å². The Hall–Kier alpha value is -1.27. The van der Waals surface area contributed by atoms with E-state index in [1.807, 2.05) is 0 Å². The van der Waals surface area contributed by atoms with Crippen LogP contribution in [0.2, 0.25) is 0 Å². The first-order valence-electron chi connectivity index (χ1n) is 7.53. The molecule has 0 spiro atoms. The van der Waals surface area contributed by atoms with Crippen LogP contribution in [0.4, 0.5) is 0 Å². The van der Waals surface area contributed by atoms with Gasteiger partial charge in [0.2, 0.25) is 0 Å². The van der Waals surface area contributed by atoms with Crippen molar-refractivity contribution in [2.75, 3.05) is 0 Å². The minimum Gasteiger partial charge on any atom is -0.147 e. The highest BCUT2D eigenvalue weighted by molar-refractivity contribution is 5.85. The van der Waals surface area contributed by atoms with E-state index in [2.05, 4.69) is 90.1 Å². The van der Waals surface area contributed by atoms with E-state index in [-0.39, 0.29) is 12.4 Å². The topological polar surface area (TPSA) is 0 Å². The van der Waals surface area contributed by atoms with Crippen LogP contribution < -0.4 is 0 Å². The van der Waals surface area contributed by atoms with Crippen LogP contribution in [0.25, 0.3) is 0 Å². The predicted molar refractivity (Wildman–Crippen MR) is 97.8 cm³/mol. The Bertz CT molecular complexity index is 443. The van der Waals surface area contributed by atoms with Gasteiger partial charge in [0.1, 0.15) is 0 Å². The second-order valence-electron chi connectivity index (χ2n) is 6.13. The smallest absolute Gasteiger partial charge is 0.0219 e. The van der Waals surface area contributed by atoms with E-state index < -0.39 is 0 Å². The molecular weight excluding hydrogens is 276 g/mol. The molecule has 0 aliphatic rings. The molecule has 0 aliphatic carbocycles. The van der Waals surface area contributed by atoms with Gasteiger partial charge in [-0.1, -0.05) is 87.4 Å². The van der Waals surface area contributed by atoms with Gasteiger partial charge in [0.15, 0.2) is 0 Å². The summed E-state index contributed by atoms with van der Waals surface area (Å²) >= 11 is 0. The van der Waals surface area contributed by atoms with E-state index in [4.69, 9.17) is 0 Å². The summed E-state index contributed by atoms with van der Waals surface area (Å²) in [6.45, 7) is 13.1. The van der Waals surface area contributed by atoms with Crippen LogP contribution in [0.5, 0.6) is 0 Å². The van der Waals surface area contributed by atoms with Gasteiger partial charge in [-0.25, -0.2) is 0 Å². The van der Waals surface area contributed by atoms with Gasteiger partial charge in [0.05, 0.1) is 0 Å². The molecular formula is C20H29Cl. The number of halogens is 1. The summed E-state index contributed by atoms with van der Waals surface area (Å²) in [5.74, 6) is 1.31. The van der Waals surface area contributed by atoms with E-state index >= 15 is 0 Å². The number of hydrogen-bond acceptors (Lipinski definition) is 0. The van der Waals surface area contributed by atoms with Crippen LogP contribution in [-0.4, -0.2) is 0 Å². The first-order valence-corrected chi connectivity index (χ1v) is 7.53. The lowest BCUT2D eigenvalue weighted by atomic mass is 10.0. The van der Waals surface area contributed by atoms with Crippen molar-refractivity contribution in [3.63, 3.8) is 0 Å². The largest absolute Gasteiger partial charge is 0.147 e. The van der Waals surface area contributed by atoms with E-state index in [1.54, 1.807) is 0 Å². The van der Waals surface area contributed by atoms with Crippen LogP contribution in [-0.2, 0) is 0 Å². The lowest BCUT2D eigenvalue weighted by Crippen LogP contribution is -1.85. The van der Waals surface area contributed by atoms with Crippen LogP contribution in [0.3, 0.4) is 0 Å². The van der Waals surface area contributed by atoms with Crippen molar-refractivity contribution >= 4 is 12.4 Å². The summed E-state index contributed by atoms with van der Waals surface area (Å²) in [5.41, 5.74) is 5.52. The fraction of sp³-hybridized carbons (Fsp3) is 0.400. The Morgan fingerprint density at radius 3 is 0.952 bits per heavy atom. The van der Waals surface area contributed by atoms with Crippen LogP contribution in [0.1, 0.15) is 61.8 Å². The number of aryl methyl sites for hydroxylation is 2. The highest BCUT2D eigenvalue weighted by Crippen LogP contribution is 2.14. The molecule has 0 saturated heterocycles. The summed E-state index contributed by atoms with van der Waals surface area (Å²) in [6.07, 6.45) is 0. The highest BCUT2D eigenvalue weighted by Gasteiger charge is 1.96. The maximum Gasteiger partial charge on any atom is -0.0219 e. The SMILES string of the molecule is Cc1ccc(C(C)C)cc1.Cc1ccc(C(C)C)cc1.Cl. The zero-order chi connectivity index (χ0) is 15.1. The zero-order valence-corrected chi connectivity index (χ0v) is 15.0. The third-order valence-electron chi connectivity index (χ3n) is 3.49. The van der Waals surface area contributed by atoms with E-state index in [9.17, 15) is 0 Å². The minimum absolute atomic E-state index is 0. The Labute approximate surface area is 137 Å². The van der Waals surface area contributed by atoms with Crippen molar-refractivity contribution in [3.05, 3.63) is 70.8 Å². The third-order valence-corrected chi connectivity index (χ3v) is 3.49. The molecule has 0 atom stereocenters. The summed E-state index contributed by atoms with van der Waals surface area (Å²) in [4.78, 5) is 0. The average Bonchev–Trinajstić information content (AvgIpc) is 2.40. The van der Waals surface area contributed by atoms with Crippen LogP contribution in [0, 0.1) is 13.8 Å². The Kier molecular flexibility index (Phi) is 9.05. The molecule has 0 fully saturated rings. The number of rotatable bonds is 2. The maximum absolute atomic E-state index is 2.21. The Morgan fingerprint density at radius 2 is 0.762 bits per heavy atom. The van der Waals surface area contributed by atoms with Gasteiger partial charge in [-0.05, 0) is 36.8 Å². The Morgan fingerprint density at radius 1 is 0.524 bits per heavy atom. The summed E-state index contributed by atoms with van der Waals surface area (Å²) in [5, 5.41) is 0. The molecule has 2 rings (SSSR count). The molecule has 2 aromatic carbocycles.